The number of hydrogen-bond acceptors (Lipinski definition) is 2. The van der Waals surface area contributed by atoms with Gasteiger partial charge in [0.05, 0.1) is 0 Å². The summed E-state index contributed by atoms with van der Waals surface area (Å²) < 4.78 is 0. The number of likely N-dealkylation sites (tertiary alicyclic amines) is 1. The quantitative estimate of drug-likeness (QED) is 0.332. The lowest BCUT2D eigenvalue weighted by Gasteiger charge is -2.20. The Hall–Kier alpha value is -1.21. The summed E-state index contributed by atoms with van der Waals surface area (Å²) in [5.41, 5.74) is 0. The molecule has 2 aliphatic rings. The molecule has 1 saturated carbocycles. The Balaban J connectivity index is 1.78. The Morgan fingerprint density at radius 3 is 2.83 bits per heavy atom. The molecule has 0 aromatic rings. The summed E-state index contributed by atoms with van der Waals surface area (Å²) in [4.78, 5) is 6.86. The van der Waals surface area contributed by atoms with Gasteiger partial charge in [-0.1, -0.05) is 6.92 Å². The van der Waals surface area contributed by atoms with Gasteiger partial charge in [0.15, 0.2) is 5.96 Å². The number of guanidine groups is 1. The van der Waals surface area contributed by atoms with Crippen molar-refractivity contribution in [2.45, 2.75) is 38.3 Å². The topological polar surface area (TPSA) is 39.7 Å². The SMILES string of the molecule is C#CCCNC(=NC)NC1CN(C2CC2)CC1C. The molecule has 18 heavy (non-hydrogen) atoms. The lowest BCUT2D eigenvalue weighted by molar-refractivity contribution is 0.315. The molecule has 0 radical (unpaired) electrons. The van der Waals surface area contributed by atoms with Gasteiger partial charge in [0.25, 0.3) is 0 Å². The highest BCUT2D eigenvalue weighted by atomic mass is 15.3. The third kappa shape index (κ3) is 3.39. The third-order valence-electron chi connectivity index (χ3n) is 3.81. The predicted molar refractivity (Wildman–Crippen MR) is 75.5 cm³/mol. The van der Waals surface area contributed by atoms with Gasteiger partial charge in [0.1, 0.15) is 0 Å². The smallest absolute Gasteiger partial charge is 0.191 e. The van der Waals surface area contributed by atoms with Gasteiger partial charge in [-0.15, -0.1) is 12.3 Å². The van der Waals surface area contributed by atoms with Crippen molar-refractivity contribution in [2.24, 2.45) is 10.9 Å². The van der Waals surface area contributed by atoms with Crippen LogP contribution in [0, 0.1) is 18.3 Å². The van der Waals surface area contributed by atoms with E-state index in [1.807, 2.05) is 7.05 Å². The van der Waals surface area contributed by atoms with E-state index in [9.17, 15) is 0 Å². The average molecular weight is 248 g/mol. The molecule has 0 spiro atoms. The summed E-state index contributed by atoms with van der Waals surface area (Å²) in [6.07, 6.45) is 8.74. The van der Waals surface area contributed by atoms with Gasteiger partial charge in [0, 0.05) is 45.2 Å². The highest BCUT2D eigenvalue weighted by molar-refractivity contribution is 5.80. The number of hydrogen-bond donors (Lipinski definition) is 2. The van der Waals surface area contributed by atoms with Crippen molar-refractivity contribution in [2.75, 3.05) is 26.7 Å². The number of terminal acetylenes is 1. The minimum atomic E-state index is 0.502. The van der Waals surface area contributed by atoms with Crippen LogP contribution >= 0.6 is 0 Å². The maximum atomic E-state index is 5.24. The number of rotatable bonds is 4. The summed E-state index contributed by atoms with van der Waals surface area (Å²) in [6.45, 7) is 5.45. The largest absolute Gasteiger partial charge is 0.355 e. The molecule has 0 bridgehead atoms. The molecular formula is C14H24N4. The van der Waals surface area contributed by atoms with Crippen molar-refractivity contribution < 1.29 is 0 Å². The zero-order valence-electron chi connectivity index (χ0n) is 11.4. The van der Waals surface area contributed by atoms with Crippen LogP contribution in [0.2, 0.25) is 0 Å². The molecule has 2 atom stereocenters. The maximum absolute atomic E-state index is 5.24. The van der Waals surface area contributed by atoms with Crippen molar-refractivity contribution in [3.63, 3.8) is 0 Å². The highest BCUT2D eigenvalue weighted by Gasteiger charge is 2.38. The summed E-state index contributed by atoms with van der Waals surface area (Å²) in [7, 11) is 1.81. The van der Waals surface area contributed by atoms with Gasteiger partial charge in [-0.05, 0) is 18.8 Å². The molecule has 2 rings (SSSR count). The fraction of sp³-hybridized carbons (Fsp3) is 0.786. The summed E-state index contributed by atoms with van der Waals surface area (Å²) in [6, 6.07) is 1.36. The van der Waals surface area contributed by atoms with Crippen molar-refractivity contribution in [3.05, 3.63) is 0 Å². The first kappa shape index (κ1) is 13.2. The first-order valence-corrected chi connectivity index (χ1v) is 6.89. The van der Waals surface area contributed by atoms with Crippen LogP contribution < -0.4 is 10.6 Å². The zero-order valence-corrected chi connectivity index (χ0v) is 11.4. The van der Waals surface area contributed by atoms with Gasteiger partial charge in [-0.25, -0.2) is 0 Å². The van der Waals surface area contributed by atoms with Crippen LogP contribution in [0.1, 0.15) is 26.2 Å². The molecule has 2 fully saturated rings. The second-order valence-corrected chi connectivity index (χ2v) is 5.37. The first-order valence-electron chi connectivity index (χ1n) is 6.89. The molecule has 2 unspecified atom stereocenters. The summed E-state index contributed by atoms with van der Waals surface area (Å²) in [5.74, 6) is 4.18. The van der Waals surface area contributed by atoms with E-state index in [2.05, 4.69) is 33.4 Å². The van der Waals surface area contributed by atoms with Crippen molar-refractivity contribution in [1.82, 2.24) is 15.5 Å². The lowest BCUT2D eigenvalue weighted by Crippen LogP contribution is -2.46. The van der Waals surface area contributed by atoms with E-state index >= 15 is 0 Å². The van der Waals surface area contributed by atoms with E-state index in [1.54, 1.807) is 0 Å². The minimum absolute atomic E-state index is 0.502. The Bertz CT molecular complexity index is 340. The standard InChI is InChI=1S/C14H24N4/c1-4-5-8-16-14(15-3)17-13-10-18(9-11(13)2)12-6-7-12/h1,11-13H,5-10H2,2-3H3,(H2,15,16,17). The second kappa shape index (κ2) is 6.10. The van der Waals surface area contributed by atoms with Crippen LogP contribution in [-0.4, -0.2) is 49.6 Å². The zero-order chi connectivity index (χ0) is 13.0. The van der Waals surface area contributed by atoms with Crippen molar-refractivity contribution in [3.8, 4) is 12.3 Å². The van der Waals surface area contributed by atoms with E-state index in [0.717, 1.165) is 31.5 Å². The average Bonchev–Trinajstić information content (AvgIpc) is 3.14. The molecule has 0 aromatic carbocycles. The van der Waals surface area contributed by atoms with Crippen LogP contribution in [0.3, 0.4) is 0 Å². The molecule has 0 amide bonds. The van der Waals surface area contributed by atoms with Gasteiger partial charge >= 0.3 is 0 Å². The molecule has 100 valence electrons. The Kier molecular flexibility index (Phi) is 4.48. The van der Waals surface area contributed by atoms with Crippen molar-refractivity contribution in [1.29, 1.82) is 0 Å². The first-order chi connectivity index (χ1) is 8.74. The maximum Gasteiger partial charge on any atom is 0.191 e. The molecule has 4 nitrogen and oxygen atoms in total. The number of aliphatic imine (C=N–C) groups is 1. The molecule has 0 aromatic heterocycles. The molecule has 1 aliphatic heterocycles. The fourth-order valence-corrected chi connectivity index (χ4v) is 2.55. The molecule has 1 heterocycles. The summed E-state index contributed by atoms with van der Waals surface area (Å²) >= 11 is 0. The van der Waals surface area contributed by atoms with E-state index < -0.39 is 0 Å². The van der Waals surface area contributed by atoms with Gasteiger partial charge < -0.3 is 10.6 Å². The van der Waals surface area contributed by atoms with E-state index in [0.29, 0.717) is 12.0 Å². The molecule has 1 saturated heterocycles. The Labute approximate surface area is 110 Å². The minimum Gasteiger partial charge on any atom is -0.355 e. The Morgan fingerprint density at radius 1 is 1.44 bits per heavy atom. The van der Waals surface area contributed by atoms with Crippen LogP contribution in [0.4, 0.5) is 0 Å². The third-order valence-corrected chi connectivity index (χ3v) is 3.81. The second-order valence-electron chi connectivity index (χ2n) is 5.37. The number of nitrogens with zero attached hydrogens (tertiary/aromatic N) is 2. The van der Waals surface area contributed by atoms with E-state index in [1.165, 1.54) is 19.4 Å². The monoisotopic (exact) mass is 248 g/mol. The van der Waals surface area contributed by atoms with Crippen LogP contribution in [0.25, 0.3) is 0 Å². The molecular weight excluding hydrogens is 224 g/mol. The van der Waals surface area contributed by atoms with Crippen LogP contribution in [0.5, 0.6) is 0 Å². The van der Waals surface area contributed by atoms with Gasteiger partial charge in [0.2, 0.25) is 0 Å². The van der Waals surface area contributed by atoms with Gasteiger partial charge in [-0.2, -0.15) is 0 Å². The van der Waals surface area contributed by atoms with Crippen LogP contribution in [0.15, 0.2) is 4.99 Å². The lowest BCUT2D eigenvalue weighted by atomic mass is 10.1. The predicted octanol–water partition coefficient (Wildman–Crippen LogP) is 0.657. The Morgan fingerprint density at radius 2 is 2.22 bits per heavy atom. The molecule has 4 heteroatoms. The van der Waals surface area contributed by atoms with Crippen molar-refractivity contribution >= 4 is 5.96 Å². The molecule has 2 N–H and O–H groups in total. The fourth-order valence-electron chi connectivity index (χ4n) is 2.55. The van der Waals surface area contributed by atoms with Gasteiger partial charge in [-0.3, -0.25) is 9.89 Å². The number of nitrogens with one attached hydrogen (secondary N) is 2. The van der Waals surface area contributed by atoms with E-state index in [4.69, 9.17) is 6.42 Å². The van der Waals surface area contributed by atoms with E-state index in [-0.39, 0.29) is 0 Å². The summed E-state index contributed by atoms with van der Waals surface area (Å²) in [5, 5.41) is 6.77. The highest BCUT2D eigenvalue weighted by Crippen LogP contribution is 2.31. The molecule has 1 aliphatic carbocycles. The van der Waals surface area contributed by atoms with Crippen LogP contribution in [-0.2, 0) is 0 Å². The normalized spacial score (nSPS) is 29.1.